The molecular weight excluding hydrogens is 320 g/mol. The van der Waals surface area contributed by atoms with Crippen LogP contribution in [0.4, 0.5) is 5.69 Å². The van der Waals surface area contributed by atoms with Crippen molar-refractivity contribution in [3.8, 4) is 0 Å². The molecule has 19 heavy (non-hydrogen) atoms. The van der Waals surface area contributed by atoms with Gasteiger partial charge in [0.2, 0.25) is 0 Å². The highest BCUT2D eigenvalue weighted by Crippen LogP contribution is 2.32. The largest absolute Gasteiger partial charge is 0.389 e. The van der Waals surface area contributed by atoms with Crippen LogP contribution in [0.5, 0.6) is 0 Å². The van der Waals surface area contributed by atoms with E-state index in [1.165, 1.54) is 19.3 Å². The van der Waals surface area contributed by atoms with Gasteiger partial charge in [-0.2, -0.15) is 0 Å². The third kappa shape index (κ3) is 3.93. The molecule has 0 saturated heterocycles. The summed E-state index contributed by atoms with van der Waals surface area (Å²) in [4.78, 5) is 0.437. The first kappa shape index (κ1) is 14.8. The molecule has 2 rings (SSSR count). The number of halogens is 1. The second-order valence-corrected chi connectivity index (χ2v) is 7.11. The zero-order valence-corrected chi connectivity index (χ0v) is 13.9. The highest BCUT2D eigenvalue weighted by molar-refractivity contribution is 9.10. The van der Waals surface area contributed by atoms with Crippen LogP contribution in [0.1, 0.15) is 38.7 Å². The summed E-state index contributed by atoms with van der Waals surface area (Å²) in [6, 6.07) is 6.58. The number of nitrogens with two attached hydrogens (primary N) is 1. The lowest BCUT2D eigenvalue weighted by Crippen LogP contribution is -2.30. The van der Waals surface area contributed by atoms with E-state index in [1.54, 1.807) is 0 Å². The zero-order valence-electron chi connectivity index (χ0n) is 11.4. The lowest BCUT2D eigenvalue weighted by atomic mass is 9.80. The number of hydrogen-bond donors (Lipinski definition) is 2. The van der Waals surface area contributed by atoms with Crippen molar-refractivity contribution in [1.29, 1.82) is 0 Å². The Morgan fingerprint density at radius 2 is 1.89 bits per heavy atom. The van der Waals surface area contributed by atoms with Gasteiger partial charge in [-0.25, -0.2) is 0 Å². The first-order valence-corrected chi connectivity index (χ1v) is 8.01. The number of hydrogen-bond acceptors (Lipinski definition) is 2. The van der Waals surface area contributed by atoms with Crippen molar-refractivity contribution in [3.63, 3.8) is 0 Å². The van der Waals surface area contributed by atoms with Crippen LogP contribution in [0, 0.1) is 11.8 Å². The maximum absolute atomic E-state index is 5.64. The van der Waals surface area contributed by atoms with Crippen molar-refractivity contribution in [1.82, 2.24) is 0 Å². The molecular formula is C15H21BrN2S. The normalized spacial score (nSPS) is 27.0. The average Bonchev–Trinajstić information content (AvgIpc) is 2.30. The Morgan fingerprint density at radius 3 is 2.42 bits per heavy atom. The Balaban J connectivity index is 2.08. The van der Waals surface area contributed by atoms with Crippen molar-refractivity contribution in [2.24, 2.45) is 17.6 Å². The van der Waals surface area contributed by atoms with Crippen molar-refractivity contribution in [2.45, 2.75) is 39.2 Å². The van der Waals surface area contributed by atoms with Crippen LogP contribution >= 0.6 is 28.1 Å². The molecule has 4 heteroatoms. The Bertz CT molecular complexity index is 465. The van der Waals surface area contributed by atoms with Crippen molar-refractivity contribution in [3.05, 3.63) is 28.2 Å². The minimum atomic E-state index is 0.437. The monoisotopic (exact) mass is 340 g/mol. The Kier molecular flexibility index (Phi) is 4.85. The summed E-state index contributed by atoms with van der Waals surface area (Å²) in [5.41, 5.74) is 7.68. The molecule has 0 amide bonds. The maximum Gasteiger partial charge on any atom is 0.104 e. The molecule has 1 fully saturated rings. The van der Waals surface area contributed by atoms with Crippen LogP contribution in [0.25, 0.3) is 0 Å². The third-order valence-electron chi connectivity index (χ3n) is 3.79. The molecule has 0 radical (unpaired) electrons. The lowest BCUT2D eigenvalue weighted by Gasteiger charge is -2.32. The molecule has 1 saturated carbocycles. The van der Waals surface area contributed by atoms with E-state index < -0.39 is 0 Å². The summed E-state index contributed by atoms with van der Waals surface area (Å²) in [6.45, 7) is 4.69. The van der Waals surface area contributed by atoms with Crippen LogP contribution in [0.2, 0.25) is 0 Å². The molecule has 2 nitrogen and oxygen atoms in total. The Labute approximate surface area is 129 Å². The average molecular weight is 341 g/mol. The number of rotatable bonds is 3. The van der Waals surface area contributed by atoms with Gasteiger partial charge in [-0.15, -0.1) is 0 Å². The molecule has 0 bridgehead atoms. The van der Waals surface area contributed by atoms with E-state index in [1.807, 2.05) is 12.1 Å². The summed E-state index contributed by atoms with van der Waals surface area (Å²) in [7, 11) is 0. The van der Waals surface area contributed by atoms with Gasteiger partial charge >= 0.3 is 0 Å². The second kappa shape index (κ2) is 6.23. The Morgan fingerprint density at radius 1 is 1.26 bits per heavy atom. The van der Waals surface area contributed by atoms with Gasteiger partial charge in [-0.1, -0.05) is 26.1 Å². The summed E-state index contributed by atoms with van der Waals surface area (Å²) in [5.74, 6) is 1.60. The minimum Gasteiger partial charge on any atom is -0.389 e. The van der Waals surface area contributed by atoms with E-state index in [9.17, 15) is 0 Å². The van der Waals surface area contributed by atoms with Gasteiger partial charge in [0.25, 0.3) is 0 Å². The molecule has 1 aliphatic rings. The van der Waals surface area contributed by atoms with Crippen molar-refractivity contribution >= 4 is 38.8 Å². The molecule has 0 aliphatic heterocycles. The lowest BCUT2D eigenvalue weighted by molar-refractivity contribution is 0.281. The highest BCUT2D eigenvalue weighted by atomic mass is 79.9. The van der Waals surface area contributed by atoms with Crippen molar-refractivity contribution in [2.75, 3.05) is 5.32 Å². The first-order chi connectivity index (χ1) is 8.95. The smallest absolute Gasteiger partial charge is 0.104 e. The van der Waals surface area contributed by atoms with Crippen LogP contribution in [0.3, 0.4) is 0 Å². The number of benzene rings is 1. The third-order valence-corrected chi connectivity index (χ3v) is 4.68. The molecule has 0 heterocycles. The SMILES string of the molecule is CC1CC(C)CC(Nc2ccc(C(N)=S)cc2Br)C1. The first-order valence-electron chi connectivity index (χ1n) is 6.81. The Hall–Kier alpha value is -0.610. The van der Waals surface area contributed by atoms with Crippen LogP contribution in [-0.2, 0) is 0 Å². The molecule has 1 aromatic carbocycles. The van der Waals surface area contributed by atoms with Gasteiger partial charge in [0.1, 0.15) is 4.99 Å². The number of thiocarbonyl (C=S) groups is 1. The topological polar surface area (TPSA) is 38.0 Å². The summed E-state index contributed by atoms with van der Waals surface area (Å²) in [6.07, 6.45) is 3.83. The molecule has 2 atom stereocenters. The van der Waals surface area contributed by atoms with Crippen LogP contribution in [-0.4, -0.2) is 11.0 Å². The number of anilines is 1. The van der Waals surface area contributed by atoms with E-state index in [4.69, 9.17) is 18.0 Å². The summed E-state index contributed by atoms with van der Waals surface area (Å²) >= 11 is 8.59. The molecule has 1 aliphatic carbocycles. The van der Waals surface area contributed by atoms with Gasteiger partial charge < -0.3 is 11.1 Å². The maximum atomic E-state index is 5.64. The standard InChI is InChI=1S/C15H21BrN2S/c1-9-5-10(2)7-12(6-9)18-14-4-3-11(15(17)19)8-13(14)16/h3-4,8-10,12,18H,5-7H2,1-2H3,(H2,17,19). The van der Waals surface area contributed by atoms with Gasteiger partial charge in [-0.05, 0) is 65.2 Å². The van der Waals surface area contributed by atoms with Gasteiger partial charge in [-0.3, -0.25) is 0 Å². The van der Waals surface area contributed by atoms with E-state index in [0.717, 1.165) is 27.6 Å². The van der Waals surface area contributed by atoms with Crippen LogP contribution in [0.15, 0.2) is 22.7 Å². The summed E-state index contributed by atoms with van der Waals surface area (Å²) in [5, 5.41) is 3.65. The predicted molar refractivity (Wildman–Crippen MR) is 89.6 cm³/mol. The fourth-order valence-electron chi connectivity index (χ4n) is 3.07. The molecule has 3 N–H and O–H groups in total. The predicted octanol–water partition coefficient (Wildman–Crippen LogP) is 4.32. The zero-order chi connectivity index (χ0) is 14.0. The minimum absolute atomic E-state index is 0.437. The fourth-order valence-corrected chi connectivity index (χ4v) is 3.69. The van der Waals surface area contributed by atoms with Gasteiger partial charge in [0, 0.05) is 21.8 Å². The van der Waals surface area contributed by atoms with Gasteiger partial charge in [0.05, 0.1) is 0 Å². The van der Waals surface area contributed by atoms with E-state index >= 15 is 0 Å². The van der Waals surface area contributed by atoms with Crippen LogP contribution < -0.4 is 11.1 Å². The quantitative estimate of drug-likeness (QED) is 0.804. The highest BCUT2D eigenvalue weighted by Gasteiger charge is 2.24. The number of nitrogens with one attached hydrogen (secondary N) is 1. The molecule has 104 valence electrons. The van der Waals surface area contributed by atoms with Gasteiger partial charge in [0.15, 0.2) is 0 Å². The summed E-state index contributed by atoms with van der Waals surface area (Å²) < 4.78 is 1.03. The molecule has 1 aromatic rings. The van der Waals surface area contributed by atoms with E-state index in [-0.39, 0.29) is 0 Å². The molecule has 2 unspecified atom stereocenters. The molecule has 0 aromatic heterocycles. The van der Waals surface area contributed by atoms with E-state index in [0.29, 0.717) is 11.0 Å². The van der Waals surface area contributed by atoms with Crippen molar-refractivity contribution < 1.29 is 0 Å². The fraction of sp³-hybridized carbons (Fsp3) is 0.533. The second-order valence-electron chi connectivity index (χ2n) is 5.82. The van der Waals surface area contributed by atoms with E-state index in [2.05, 4.69) is 41.2 Å². The molecule has 0 spiro atoms.